The molecule has 4 N–H and O–H groups in total. The summed E-state index contributed by atoms with van der Waals surface area (Å²) < 4.78 is 0. The van der Waals surface area contributed by atoms with Gasteiger partial charge in [0.05, 0.1) is 6.20 Å². The van der Waals surface area contributed by atoms with Crippen LogP contribution in [0.25, 0.3) is 0 Å². The number of nitrogens with zero attached hydrogens (tertiary/aromatic N) is 2. The quantitative estimate of drug-likeness (QED) is 0.617. The lowest BCUT2D eigenvalue weighted by molar-refractivity contribution is 0.919. The number of H-pyrrole nitrogens is 1. The van der Waals surface area contributed by atoms with E-state index in [1.165, 1.54) is 6.20 Å². The number of rotatable bonds is 2. The largest absolute Gasteiger partial charge is 0.399 e. The zero-order valence-electron chi connectivity index (χ0n) is 7.77. The molecular weight excluding hydrogens is 194 g/mol. The van der Waals surface area contributed by atoms with Crippen LogP contribution in [-0.4, -0.2) is 15.2 Å². The number of anilines is 3. The van der Waals surface area contributed by atoms with Gasteiger partial charge in [0.2, 0.25) is 0 Å². The molecule has 0 radical (unpaired) electrons. The molecule has 1 aromatic carbocycles. The molecule has 0 fully saturated rings. The predicted octanol–water partition coefficient (Wildman–Crippen LogP) is 0.491. The summed E-state index contributed by atoms with van der Waals surface area (Å²) in [7, 11) is 0. The highest BCUT2D eigenvalue weighted by atomic mass is 16.1. The van der Waals surface area contributed by atoms with E-state index in [4.69, 9.17) is 5.73 Å². The maximum atomic E-state index is 10.8. The van der Waals surface area contributed by atoms with Crippen molar-refractivity contribution in [3.8, 4) is 0 Å². The molecular formula is C9H9N5O. The first kappa shape index (κ1) is 9.20. The average molecular weight is 203 g/mol. The van der Waals surface area contributed by atoms with E-state index in [1.54, 1.807) is 24.3 Å². The molecule has 2 aromatic rings. The molecule has 0 spiro atoms. The van der Waals surface area contributed by atoms with E-state index >= 15 is 0 Å². The van der Waals surface area contributed by atoms with Gasteiger partial charge in [0.1, 0.15) is 0 Å². The Morgan fingerprint density at radius 3 is 2.67 bits per heavy atom. The van der Waals surface area contributed by atoms with Crippen LogP contribution in [0.15, 0.2) is 35.3 Å². The third-order valence-electron chi connectivity index (χ3n) is 1.75. The standard InChI is InChI=1S/C9H9N5O/c10-6-1-3-7(4-2-6)12-8-5-11-14-9(15)13-8/h1-5H,10H2,(H2,12,13,14,15). The monoisotopic (exact) mass is 203 g/mol. The van der Waals surface area contributed by atoms with Gasteiger partial charge in [-0.25, -0.2) is 9.89 Å². The van der Waals surface area contributed by atoms with Crippen LogP contribution >= 0.6 is 0 Å². The maximum absolute atomic E-state index is 10.8. The van der Waals surface area contributed by atoms with Gasteiger partial charge in [-0.1, -0.05) is 0 Å². The molecule has 76 valence electrons. The number of nitrogens with two attached hydrogens (primary N) is 1. The Hall–Kier alpha value is -2.37. The summed E-state index contributed by atoms with van der Waals surface area (Å²) in [5.41, 5.74) is 6.52. The van der Waals surface area contributed by atoms with Crippen molar-refractivity contribution in [3.63, 3.8) is 0 Å². The van der Waals surface area contributed by atoms with Crippen molar-refractivity contribution in [1.29, 1.82) is 0 Å². The summed E-state index contributed by atoms with van der Waals surface area (Å²) in [6.45, 7) is 0. The zero-order valence-corrected chi connectivity index (χ0v) is 7.77. The van der Waals surface area contributed by atoms with Crippen LogP contribution in [0.1, 0.15) is 0 Å². The fraction of sp³-hybridized carbons (Fsp3) is 0. The molecule has 15 heavy (non-hydrogen) atoms. The second kappa shape index (κ2) is 3.79. The van der Waals surface area contributed by atoms with E-state index < -0.39 is 5.69 Å². The molecule has 2 rings (SSSR count). The Morgan fingerprint density at radius 1 is 1.27 bits per heavy atom. The van der Waals surface area contributed by atoms with Gasteiger partial charge in [-0.15, -0.1) is 0 Å². The van der Waals surface area contributed by atoms with E-state index in [2.05, 4.69) is 20.5 Å². The fourth-order valence-corrected chi connectivity index (χ4v) is 1.09. The maximum Gasteiger partial charge on any atom is 0.363 e. The molecule has 0 aliphatic carbocycles. The fourth-order valence-electron chi connectivity index (χ4n) is 1.09. The highest BCUT2D eigenvalue weighted by molar-refractivity contribution is 5.58. The molecule has 6 heteroatoms. The summed E-state index contributed by atoms with van der Waals surface area (Å²) in [5, 5.41) is 8.72. The van der Waals surface area contributed by atoms with Crippen molar-refractivity contribution < 1.29 is 0 Å². The molecule has 0 bridgehead atoms. The van der Waals surface area contributed by atoms with Crippen LogP contribution in [0.2, 0.25) is 0 Å². The number of hydrogen-bond donors (Lipinski definition) is 3. The zero-order chi connectivity index (χ0) is 10.7. The molecule has 0 unspecified atom stereocenters. The summed E-state index contributed by atoms with van der Waals surface area (Å²) in [5.74, 6) is 0.392. The Balaban J connectivity index is 2.22. The van der Waals surface area contributed by atoms with E-state index in [1.807, 2.05) is 0 Å². The van der Waals surface area contributed by atoms with Crippen molar-refractivity contribution in [1.82, 2.24) is 15.2 Å². The van der Waals surface area contributed by atoms with E-state index in [-0.39, 0.29) is 0 Å². The normalized spacial score (nSPS) is 9.87. The number of aromatic amines is 1. The summed E-state index contributed by atoms with van der Waals surface area (Å²) in [6.07, 6.45) is 1.43. The van der Waals surface area contributed by atoms with Gasteiger partial charge in [0, 0.05) is 11.4 Å². The third kappa shape index (κ3) is 2.31. The van der Waals surface area contributed by atoms with Gasteiger partial charge < -0.3 is 11.1 Å². The molecule has 1 heterocycles. The first-order valence-corrected chi connectivity index (χ1v) is 4.28. The highest BCUT2D eigenvalue weighted by Crippen LogP contribution is 2.13. The van der Waals surface area contributed by atoms with Crippen LogP contribution in [0, 0.1) is 0 Å². The number of aromatic nitrogens is 3. The first-order valence-electron chi connectivity index (χ1n) is 4.28. The molecule has 0 amide bonds. The molecule has 0 saturated heterocycles. The summed E-state index contributed by atoms with van der Waals surface area (Å²) in [4.78, 5) is 14.5. The Labute approximate surface area is 85.2 Å². The van der Waals surface area contributed by atoms with Gasteiger partial charge in [-0.2, -0.15) is 10.1 Å². The second-order valence-corrected chi connectivity index (χ2v) is 2.92. The van der Waals surface area contributed by atoms with Crippen LogP contribution in [0.4, 0.5) is 17.2 Å². The van der Waals surface area contributed by atoms with Crippen LogP contribution < -0.4 is 16.7 Å². The molecule has 6 nitrogen and oxygen atoms in total. The van der Waals surface area contributed by atoms with E-state index in [9.17, 15) is 4.79 Å². The van der Waals surface area contributed by atoms with Crippen LogP contribution in [-0.2, 0) is 0 Å². The Bertz CT molecular complexity index is 504. The Morgan fingerprint density at radius 2 is 2.00 bits per heavy atom. The third-order valence-corrected chi connectivity index (χ3v) is 1.75. The second-order valence-electron chi connectivity index (χ2n) is 2.92. The lowest BCUT2D eigenvalue weighted by Gasteiger charge is -2.03. The first-order chi connectivity index (χ1) is 7.24. The Kier molecular flexibility index (Phi) is 2.32. The molecule has 0 saturated carbocycles. The number of nitrogens with one attached hydrogen (secondary N) is 2. The molecule has 0 atom stereocenters. The van der Waals surface area contributed by atoms with Gasteiger partial charge >= 0.3 is 5.69 Å². The number of nitrogen functional groups attached to an aromatic ring is 1. The molecule has 1 aromatic heterocycles. The van der Waals surface area contributed by atoms with Gasteiger partial charge in [-0.3, -0.25) is 0 Å². The number of hydrogen-bond acceptors (Lipinski definition) is 5. The topological polar surface area (TPSA) is 96.7 Å². The minimum Gasteiger partial charge on any atom is -0.399 e. The predicted molar refractivity (Wildman–Crippen MR) is 56.8 cm³/mol. The van der Waals surface area contributed by atoms with Gasteiger partial charge in [-0.05, 0) is 24.3 Å². The summed E-state index contributed by atoms with van der Waals surface area (Å²) in [6, 6.07) is 7.09. The van der Waals surface area contributed by atoms with Gasteiger partial charge in [0.15, 0.2) is 5.82 Å². The molecule has 0 aliphatic heterocycles. The van der Waals surface area contributed by atoms with Crippen LogP contribution in [0.3, 0.4) is 0 Å². The lowest BCUT2D eigenvalue weighted by atomic mass is 10.3. The van der Waals surface area contributed by atoms with Gasteiger partial charge in [0.25, 0.3) is 0 Å². The SMILES string of the molecule is Nc1ccc(Nc2cn[nH]c(=O)n2)cc1. The van der Waals surface area contributed by atoms with Crippen molar-refractivity contribution in [3.05, 3.63) is 40.9 Å². The minimum absolute atomic E-state index is 0.392. The van der Waals surface area contributed by atoms with E-state index in [0.717, 1.165) is 5.69 Å². The smallest absolute Gasteiger partial charge is 0.363 e. The average Bonchev–Trinajstić information content (AvgIpc) is 2.22. The van der Waals surface area contributed by atoms with Crippen molar-refractivity contribution >= 4 is 17.2 Å². The van der Waals surface area contributed by atoms with Crippen molar-refractivity contribution in [2.45, 2.75) is 0 Å². The van der Waals surface area contributed by atoms with Crippen molar-refractivity contribution in [2.75, 3.05) is 11.1 Å². The summed E-state index contributed by atoms with van der Waals surface area (Å²) >= 11 is 0. The highest BCUT2D eigenvalue weighted by Gasteiger charge is 1.96. The van der Waals surface area contributed by atoms with Crippen molar-refractivity contribution in [2.24, 2.45) is 0 Å². The lowest BCUT2D eigenvalue weighted by Crippen LogP contribution is -2.13. The minimum atomic E-state index is -0.490. The molecule has 0 aliphatic rings. The van der Waals surface area contributed by atoms with Crippen LogP contribution in [0.5, 0.6) is 0 Å². The number of benzene rings is 1. The van der Waals surface area contributed by atoms with E-state index in [0.29, 0.717) is 11.5 Å².